The van der Waals surface area contributed by atoms with Gasteiger partial charge in [0.25, 0.3) is 0 Å². The summed E-state index contributed by atoms with van der Waals surface area (Å²) >= 11 is 0. The van der Waals surface area contributed by atoms with Crippen molar-refractivity contribution in [3.8, 4) is 6.07 Å². The summed E-state index contributed by atoms with van der Waals surface area (Å²) in [6, 6.07) is 11.4. The van der Waals surface area contributed by atoms with Gasteiger partial charge in [-0.3, -0.25) is 0 Å². The normalized spacial score (nSPS) is 13.9. The van der Waals surface area contributed by atoms with Crippen LogP contribution in [-0.4, -0.2) is 28.9 Å². The minimum atomic E-state index is -1.60. The number of carbonyl (C=O) groups excluding carboxylic acids is 1. The number of ether oxygens (including phenoxy) is 1. The zero-order valence-corrected chi connectivity index (χ0v) is 12.7. The molecule has 1 unspecified atom stereocenters. The molecule has 1 rings (SSSR count). The molecule has 0 spiro atoms. The predicted octanol–water partition coefficient (Wildman–Crippen LogP) is 2.40. The van der Waals surface area contributed by atoms with Crippen LogP contribution in [-0.2, 0) is 11.2 Å². The number of alkyl carbamates (subject to hydrolysis) is 1. The van der Waals surface area contributed by atoms with Crippen LogP contribution in [0, 0.1) is 11.3 Å². The van der Waals surface area contributed by atoms with Crippen molar-refractivity contribution in [3.05, 3.63) is 35.9 Å². The van der Waals surface area contributed by atoms with Crippen LogP contribution in [0.15, 0.2) is 30.3 Å². The number of rotatable bonds is 5. The van der Waals surface area contributed by atoms with Gasteiger partial charge in [-0.2, -0.15) is 5.26 Å². The second-order valence-corrected chi connectivity index (χ2v) is 5.98. The lowest BCUT2D eigenvalue weighted by Crippen LogP contribution is -2.44. The summed E-state index contributed by atoms with van der Waals surface area (Å²) in [6.07, 6.45) is 0.153. The molecule has 1 amide bonds. The predicted molar refractivity (Wildman–Crippen MR) is 79.6 cm³/mol. The Morgan fingerprint density at radius 3 is 2.48 bits per heavy atom. The molecule has 0 saturated carbocycles. The molecule has 0 aromatic heterocycles. The van der Waals surface area contributed by atoms with Gasteiger partial charge in [-0.15, -0.1) is 0 Å². The van der Waals surface area contributed by atoms with E-state index in [1.165, 1.54) is 0 Å². The Balaban J connectivity index is 2.49. The molecule has 0 heterocycles. The quantitative estimate of drug-likeness (QED) is 0.816. The van der Waals surface area contributed by atoms with Crippen LogP contribution >= 0.6 is 0 Å². The van der Waals surface area contributed by atoms with Crippen molar-refractivity contribution in [1.29, 1.82) is 5.26 Å². The zero-order valence-electron chi connectivity index (χ0n) is 12.7. The van der Waals surface area contributed by atoms with Gasteiger partial charge in [0.05, 0.1) is 12.6 Å². The van der Waals surface area contributed by atoms with Crippen LogP contribution < -0.4 is 5.32 Å². The highest BCUT2D eigenvalue weighted by molar-refractivity contribution is 5.67. The summed E-state index contributed by atoms with van der Waals surface area (Å²) in [5.41, 5.74) is -1.19. The average molecular weight is 290 g/mol. The fourth-order valence-corrected chi connectivity index (χ4v) is 1.71. The molecule has 0 saturated heterocycles. The Kier molecular flexibility index (Phi) is 5.74. The van der Waals surface area contributed by atoms with Crippen molar-refractivity contribution in [2.24, 2.45) is 0 Å². The van der Waals surface area contributed by atoms with E-state index in [1.54, 1.807) is 20.8 Å². The van der Waals surface area contributed by atoms with Crippen molar-refractivity contribution < 1.29 is 14.6 Å². The summed E-state index contributed by atoms with van der Waals surface area (Å²) in [4.78, 5) is 11.5. The van der Waals surface area contributed by atoms with Crippen LogP contribution in [0.25, 0.3) is 0 Å². The molecule has 5 heteroatoms. The largest absolute Gasteiger partial charge is 0.444 e. The molecule has 0 aliphatic carbocycles. The van der Waals surface area contributed by atoms with E-state index in [-0.39, 0.29) is 13.0 Å². The SMILES string of the molecule is CC(C)(C)OC(=O)NCC(O)(C#N)CCc1ccccc1. The van der Waals surface area contributed by atoms with Crippen molar-refractivity contribution in [2.75, 3.05) is 6.54 Å². The first kappa shape index (κ1) is 17.0. The fraction of sp³-hybridized carbons (Fsp3) is 0.500. The van der Waals surface area contributed by atoms with E-state index in [2.05, 4.69) is 5.32 Å². The van der Waals surface area contributed by atoms with Crippen LogP contribution in [0.2, 0.25) is 0 Å². The molecule has 0 fully saturated rings. The standard InChI is InChI=1S/C16H22N2O3/c1-15(2,3)21-14(19)18-12-16(20,11-17)10-9-13-7-5-4-6-8-13/h4-8,20H,9-10,12H2,1-3H3,(H,18,19). The smallest absolute Gasteiger partial charge is 0.407 e. The lowest BCUT2D eigenvalue weighted by Gasteiger charge is -2.23. The van der Waals surface area contributed by atoms with Gasteiger partial charge in [0, 0.05) is 0 Å². The van der Waals surface area contributed by atoms with Crippen molar-refractivity contribution in [2.45, 2.75) is 44.8 Å². The fourth-order valence-electron chi connectivity index (χ4n) is 1.71. The summed E-state index contributed by atoms with van der Waals surface area (Å²) in [6.45, 7) is 5.08. The number of nitriles is 1. The van der Waals surface area contributed by atoms with Gasteiger partial charge in [-0.25, -0.2) is 4.79 Å². The van der Waals surface area contributed by atoms with Gasteiger partial charge in [-0.05, 0) is 39.2 Å². The highest BCUT2D eigenvalue weighted by Crippen LogP contribution is 2.14. The molecule has 1 aromatic rings. The number of aliphatic hydroxyl groups is 1. The van der Waals surface area contributed by atoms with E-state index in [9.17, 15) is 9.90 Å². The lowest BCUT2D eigenvalue weighted by molar-refractivity contribution is 0.0417. The number of nitrogens with one attached hydrogen (secondary N) is 1. The average Bonchev–Trinajstić information content (AvgIpc) is 2.42. The minimum Gasteiger partial charge on any atom is -0.444 e. The van der Waals surface area contributed by atoms with Gasteiger partial charge in [0.1, 0.15) is 5.60 Å². The summed E-state index contributed by atoms with van der Waals surface area (Å²) < 4.78 is 5.07. The number of aryl methyl sites for hydroxylation is 1. The molecule has 0 aliphatic heterocycles. The van der Waals surface area contributed by atoms with Gasteiger partial charge in [0.2, 0.25) is 0 Å². The molecule has 2 N–H and O–H groups in total. The third kappa shape index (κ3) is 6.77. The number of benzene rings is 1. The third-order valence-corrected chi connectivity index (χ3v) is 2.80. The highest BCUT2D eigenvalue weighted by atomic mass is 16.6. The second-order valence-electron chi connectivity index (χ2n) is 5.98. The first-order valence-electron chi connectivity index (χ1n) is 6.88. The Bertz CT molecular complexity index is 502. The van der Waals surface area contributed by atoms with Gasteiger partial charge in [-0.1, -0.05) is 30.3 Å². The Hall–Kier alpha value is -2.06. The monoisotopic (exact) mass is 290 g/mol. The maximum absolute atomic E-state index is 11.5. The number of hydrogen-bond donors (Lipinski definition) is 2. The molecule has 1 aromatic carbocycles. The molecule has 0 bridgehead atoms. The van der Waals surface area contributed by atoms with E-state index in [0.717, 1.165) is 5.56 Å². The van der Waals surface area contributed by atoms with E-state index in [0.29, 0.717) is 6.42 Å². The molecule has 21 heavy (non-hydrogen) atoms. The highest BCUT2D eigenvalue weighted by Gasteiger charge is 2.28. The minimum absolute atomic E-state index is 0.161. The van der Waals surface area contributed by atoms with Gasteiger partial charge < -0.3 is 15.2 Å². The Labute approximate surface area is 125 Å². The first-order valence-corrected chi connectivity index (χ1v) is 6.88. The molecule has 0 radical (unpaired) electrons. The van der Waals surface area contributed by atoms with Crippen LogP contribution in [0.1, 0.15) is 32.8 Å². The van der Waals surface area contributed by atoms with Gasteiger partial charge in [0.15, 0.2) is 5.60 Å². The molecule has 1 atom stereocenters. The maximum atomic E-state index is 11.5. The van der Waals surface area contributed by atoms with Crippen molar-refractivity contribution >= 4 is 6.09 Å². The van der Waals surface area contributed by atoms with Gasteiger partial charge >= 0.3 is 6.09 Å². The molecule has 5 nitrogen and oxygen atoms in total. The number of carbonyl (C=O) groups is 1. The Morgan fingerprint density at radius 1 is 1.33 bits per heavy atom. The molecule has 114 valence electrons. The lowest BCUT2D eigenvalue weighted by atomic mass is 9.96. The summed E-state index contributed by atoms with van der Waals surface area (Å²) in [5.74, 6) is 0. The second kappa shape index (κ2) is 7.09. The number of hydrogen-bond acceptors (Lipinski definition) is 4. The third-order valence-electron chi connectivity index (χ3n) is 2.80. The number of amides is 1. The molecule has 0 aliphatic rings. The first-order chi connectivity index (χ1) is 9.74. The van der Waals surface area contributed by atoms with Crippen LogP contribution in [0.4, 0.5) is 4.79 Å². The molecular weight excluding hydrogens is 268 g/mol. The maximum Gasteiger partial charge on any atom is 0.407 e. The van der Waals surface area contributed by atoms with Crippen molar-refractivity contribution in [3.63, 3.8) is 0 Å². The van der Waals surface area contributed by atoms with E-state index in [4.69, 9.17) is 10.00 Å². The van der Waals surface area contributed by atoms with Crippen LogP contribution in [0.3, 0.4) is 0 Å². The van der Waals surface area contributed by atoms with Crippen LogP contribution in [0.5, 0.6) is 0 Å². The van der Waals surface area contributed by atoms with E-state index < -0.39 is 17.3 Å². The van der Waals surface area contributed by atoms with Crippen molar-refractivity contribution in [1.82, 2.24) is 5.32 Å². The summed E-state index contributed by atoms with van der Waals surface area (Å²) in [5, 5.41) is 21.7. The van der Waals surface area contributed by atoms with E-state index in [1.807, 2.05) is 36.4 Å². The topological polar surface area (TPSA) is 82.3 Å². The molecular formula is C16H22N2O3. The Morgan fingerprint density at radius 2 is 1.95 bits per heavy atom. The zero-order chi connectivity index (χ0) is 15.9. The summed E-state index contributed by atoms with van der Waals surface area (Å²) in [7, 11) is 0. The number of nitrogens with zero attached hydrogens (tertiary/aromatic N) is 1. The van der Waals surface area contributed by atoms with E-state index >= 15 is 0 Å².